The van der Waals surface area contributed by atoms with Gasteiger partial charge < -0.3 is 10.8 Å². The van der Waals surface area contributed by atoms with Gasteiger partial charge in [-0.15, -0.1) is 0 Å². The molecule has 18 heavy (non-hydrogen) atoms. The van der Waals surface area contributed by atoms with Crippen LogP contribution in [-0.4, -0.2) is 38.2 Å². The fraction of sp³-hybridized carbons (Fsp3) is 0.500. The van der Waals surface area contributed by atoms with Crippen molar-refractivity contribution in [2.24, 2.45) is 11.1 Å². The first-order valence-electron chi connectivity index (χ1n) is 5.62. The molecule has 1 fully saturated rings. The summed E-state index contributed by atoms with van der Waals surface area (Å²) in [6.45, 7) is -0.100. The Balaban J connectivity index is 2.45. The van der Waals surface area contributed by atoms with Crippen LogP contribution in [0.2, 0.25) is 5.02 Å². The third kappa shape index (κ3) is 2.05. The van der Waals surface area contributed by atoms with Crippen LogP contribution in [-0.2, 0) is 9.84 Å². The van der Waals surface area contributed by atoms with Crippen molar-refractivity contribution < 1.29 is 13.5 Å². The molecule has 4 nitrogen and oxygen atoms in total. The van der Waals surface area contributed by atoms with Crippen LogP contribution in [0.5, 0.6) is 0 Å². The van der Waals surface area contributed by atoms with Gasteiger partial charge in [0.05, 0.1) is 11.9 Å². The highest BCUT2D eigenvalue weighted by Crippen LogP contribution is 2.62. The number of halogens is 1. The molecule has 6 heteroatoms. The largest absolute Gasteiger partial charge is 0.396 e. The zero-order valence-electron chi connectivity index (χ0n) is 10.0. The summed E-state index contributed by atoms with van der Waals surface area (Å²) in [5, 5.41) is 9.44. The normalized spacial score (nSPS) is 31.3. The second kappa shape index (κ2) is 4.49. The molecule has 0 bridgehead atoms. The Hall–Kier alpha value is -0.620. The molecule has 1 saturated carbocycles. The highest BCUT2D eigenvalue weighted by Gasteiger charge is 2.68. The van der Waals surface area contributed by atoms with E-state index < -0.39 is 20.5 Å². The molecular formula is C12H16ClNO3S. The van der Waals surface area contributed by atoms with Crippen molar-refractivity contribution in [3.8, 4) is 0 Å². The smallest absolute Gasteiger partial charge is 0.151 e. The topological polar surface area (TPSA) is 80.4 Å². The lowest BCUT2D eigenvalue weighted by Gasteiger charge is -2.11. The van der Waals surface area contributed by atoms with Gasteiger partial charge in [0.25, 0.3) is 0 Å². The summed E-state index contributed by atoms with van der Waals surface area (Å²) >= 11 is 5.91. The highest BCUT2D eigenvalue weighted by molar-refractivity contribution is 7.91. The van der Waals surface area contributed by atoms with Gasteiger partial charge in [0.1, 0.15) is 0 Å². The minimum absolute atomic E-state index is 0.137. The maximum atomic E-state index is 11.8. The van der Waals surface area contributed by atoms with Gasteiger partial charge in [-0.1, -0.05) is 23.7 Å². The first-order chi connectivity index (χ1) is 8.36. The molecule has 0 spiro atoms. The number of aliphatic hydroxyl groups is 1. The van der Waals surface area contributed by atoms with Gasteiger partial charge in [0.2, 0.25) is 0 Å². The lowest BCUT2D eigenvalue weighted by atomic mass is 10.0. The standard InChI is InChI=1S/C12H16ClNO3S/c1-18(16,17)11-10(12(11,6-14)7-15)8-3-2-4-9(13)5-8/h2-5,10-11,15H,6-7,14H2,1H3/t10-,11-,12-/m1/s1. The molecule has 0 unspecified atom stereocenters. The van der Waals surface area contributed by atoms with Crippen molar-refractivity contribution in [3.63, 3.8) is 0 Å². The van der Waals surface area contributed by atoms with E-state index in [2.05, 4.69) is 0 Å². The van der Waals surface area contributed by atoms with Crippen LogP contribution in [0.15, 0.2) is 24.3 Å². The molecule has 1 aliphatic rings. The Morgan fingerprint density at radius 2 is 2.17 bits per heavy atom. The van der Waals surface area contributed by atoms with Crippen LogP contribution in [0, 0.1) is 5.41 Å². The Labute approximate surface area is 112 Å². The van der Waals surface area contributed by atoms with Gasteiger partial charge >= 0.3 is 0 Å². The number of rotatable bonds is 4. The SMILES string of the molecule is CS(=O)(=O)[C@@H]1[C@@H](c2cccc(Cl)c2)[C@@]1(CN)CO. The van der Waals surface area contributed by atoms with Crippen molar-refractivity contribution >= 4 is 21.4 Å². The molecule has 0 amide bonds. The molecule has 1 aliphatic carbocycles. The number of hydrogen-bond acceptors (Lipinski definition) is 4. The first-order valence-corrected chi connectivity index (χ1v) is 7.95. The summed E-state index contributed by atoms with van der Waals surface area (Å²) in [7, 11) is -3.25. The van der Waals surface area contributed by atoms with Crippen molar-refractivity contribution in [2.45, 2.75) is 11.2 Å². The average Bonchev–Trinajstić information content (AvgIpc) is 2.98. The fourth-order valence-electron chi connectivity index (χ4n) is 2.83. The number of nitrogens with two attached hydrogens (primary N) is 1. The quantitative estimate of drug-likeness (QED) is 0.859. The average molecular weight is 290 g/mol. The van der Waals surface area contributed by atoms with Crippen molar-refractivity contribution in [1.29, 1.82) is 0 Å². The molecule has 0 aromatic heterocycles. The second-order valence-corrected chi connectivity index (χ2v) is 7.48. The lowest BCUT2D eigenvalue weighted by Crippen LogP contribution is -2.27. The molecule has 0 aliphatic heterocycles. The summed E-state index contributed by atoms with van der Waals surface area (Å²) in [4.78, 5) is 0. The van der Waals surface area contributed by atoms with Crippen LogP contribution in [0.25, 0.3) is 0 Å². The molecule has 2 rings (SSSR count). The summed E-state index contributed by atoms with van der Waals surface area (Å²) in [5.74, 6) is -0.277. The van der Waals surface area contributed by atoms with E-state index in [1.807, 2.05) is 6.07 Å². The number of sulfone groups is 1. The van der Waals surface area contributed by atoms with E-state index in [-0.39, 0.29) is 19.1 Å². The molecule has 1 aromatic carbocycles. The van der Waals surface area contributed by atoms with E-state index in [0.29, 0.717) is 5.02 Å². The van der Waals surface area contributed by atoms with Crippen molar-refractivity contribution in [3.05, 3.63) is 34.9 Å². The summed E-state index contributed by atoms with van der Waals surface area (Å²) in [6.07, 6.45) is 1.18. The lowest BCUT2D eigenvalue weighted by molar-refractivity contribution is 0.212. The molecule has 3 N–H and O–H groups in total. The maximum absolute atomic E-state index is 11.8. The predicted molar refractivity (Wildman–Crippen MR) is 71.4 cm³/mol. The minimum Gasteiger partial charge on any atom is -0.396 e. The zero-order chi connectivity index (χ0) is 13.6. The van der Waals surface area contributed by atoms with Gasteiger partial charge in [0, 0.05) is 29.2 Å². The maximum Gasteiger partial charge on any atom is 0.151 e. The predicted octanol–water partition coefficient (Wildman–Crippen LogP) is 0.788. The van der Waals surface area contributed by atoms with Gasteiger partial charge in [0.15, 0.2) is 9.84 Å². The Kier molecular flexibility index (Phi) is 3.44. The third-order valence-corrected chi connectivity index (χ3v) is 5.62. The van der Waals surface area contributed by atoms with E-state index in [0.717, 1.165) is 5.56 Å². The molecule has 0 saturated heterocycles. The Morgan fingerprint density at radius 3 is 2.56 bits per heavy atom. The second-order valence-electron chi connectivity index (χ2n) is 4.88. The van der Waals surface area contributed by atoms with Crippen molar-refractivity contribution in [1.82, 2.24) is 0 Å². The molecule has 3 atom stereocenters. The van der Waals surface area contributed by atoms with Gasteiger partial charge in [-0.3, -0.25) is 0 Å². The first kappa shape index (κ1) is 13.8. The van der Waals surface area contributed by atoms with E-state index in [1.54, 1.807) is 18.2 Å². The van der Waals surface area contributed by atoms with Crippen LogP contribution in [0.4, 0.5) is 0 Å². The molecule has 100 valence electrons. The molecule has 0 heterocycles. The number of hydrogen-bond donors (Lipinski definition) is 2. The molecule has 0 radical (unpaired) electrons. The Morgan fingerprint density at radius 1 is 1.50 bits per heavy atom. The summed E-state index contributed by atoms with van der Waals surface area (Å²) in [5.41, 5.74) is 5.73. The minimum atomic E-state index is -3.25. The van der Waals surface area contributed by atoms with Crippen molar-refractivity contribution in [2.75, 3.05) is 19.4 Å². The van der Waals surface area contributed by atoms with E-state index in [1.165, 1.54) is 6.26 Å². The highest BCUT2D eigenvalue weighted by atomic mass is 35.5. The summed E-state index contributed by atoms with van der Waals surface area (Å²) < 4.78 is 23.6. The van der Waals surface area contributed by atoms with Gasteiger partial charge in [-0.25, -0.2) is 8.42 Å². The monoisotopic (exact) mass is 289 g/mol. The van der Waals surface area contributed by atoms with Crippen LogP contribution >= 0.6 is 11.6 Å². The van der Waals surface area contributed by atoms with E-state index in [9.17, 15) is 13.5 Å². The molecular weight excluding hydrogens is 274 g/mol. The fourth-order valence-corrected chi connectivity index (χ4v) is 5.04. The Bertz CT molecular complexity index is 554. The van der Waals surface area contributed by atoms with Crippen LogP contribution in [0.3, 0.4) is 0 Å². The molecule has 1 aromatic rings. The van der Waals surface area contributed by atoms with E-state index >= 15 is 0 Å². The van der Waals surface area contributed by atoms with Crippen LogP contribution in [0.1, 0.15) is 11.5 Å². The number of benzene rings is 1. The zero-order valence-corrected chi connectivity index (χ0v) is 11.6. The van der Waals surface area contributed by atoms with E-state index in [4.69, 9.17) is 17.3 Å². The van der Waals surface area contributed by atoms with Gasteiger partial charge in [-0.05, 0) is 17.7 Å². The number of aliphatic hydroxyl groups excluding tert-OH is 1. The van der Waals surface area contributed by atoms with Crippen LogP contribution < -0.4 is 5.73 Å². The van der Waals surface area contributed by atoms with Gasteiger partial charge in [-0.2, -0.15) is 0 Å². The summed E-state index contributed by atoms with van der Waals surface area (Å²) in [6, 6.07) is 7.05. The third-order valence-electron chi connectivity index (χ3n) is 3.72.